The number of anilines is 1. The van der Waals surface area contributed by atoms with E-state index in [4.69, 9.17) is 9.47 Å². The van der Waals surface area contributed by atoms with E-state index in [2.05, 4.69) is 5.32 Å². The number of carbonyl (C=O) groups excluding carboxylic acids is 3. The Hall–Kier alpha value is -2.61. The van der Waals surface area contributed by atoms with E-state index in [1.165, 1.54) is 0 Å². The lowest BCUT2D eigenvalue weighted by molar-refractivity contribution is -0.139. The van der Waals surface area contributed by atoms with Crippen LogP contribution in [0.3, 0.4) is 0 Å². The molecule has 1 aromatic carbocycles. The minimum atomic E-state index is -0.609. The number of ether oxygens (including phenoxy) is 2. The van der Waals surface area contributed by atoms with Crippen LogP contribution in [-0.4, -0.2) is 67.6 Å². The van der Waals surface area contributed by atoms with E-state index in [1.54, 1.807) is 35.8 Å². The van der Waals surface area contributed by atoms with Crippen LogP contribution in [0.4, 0.5) is 5.69 Å². The maximum Gasteiger partial charge on any atom is 0.267 e. The molecule has 1 saturated heterocycles. The van der Waals surface area contributed by atoms with Crippen molar-refractivity contribution in [3.05, 3.63) is 24.3 Å². The van der Waals surface area contributed by atoms with Crippen LogP contribution in [0.1, 0.15) is 20.3 Å². The van der Waals surface area contributed by atoms with Gasteiger partial charge in [0.05, 0.1) is 18.9 Å². The Morgan fingerprint density at radius 1 is 1.26 bits per heavy atom. The SMILES string of the molecule is C[C@@H](NC(=O)CCN1C(=O)[C@@H](C)Oc2ccccc21)C(=O)N1CCOCC1. The highest BCUT2D eigenvalue weighted by Gasteiger charge is 2.31. The van der Waals surface area contributed by atoms with E-state index in [-0.39, 0.29) is 30.7 Å². The average Bonchev–Trinajstić information content (AvgIpc) is 2.68. The number of amides is 3. The highest BCUT2D eigenvalue weighted by molar-refractivity contribution is 6.00. The first-order valence-electron chi connectivity index (χ1n) is 9.20. The molecular formula is C19H25N3O5. The van der Waals surface area contributed by atoms with E-state index in [0.717, 1.165) is 0 Å². The Labute approximate surface area is 158 Å². The van der Waals surface area contributed by atoms with Gasteiger partial charge in [0.2, 0.25) is 11.8 Å². The average molecular weight is 375 g/mol. The van der Waals surface area contributed by atoms with Gasteiger partial charge in [-0.25, -0.2) is 0 Å². The molecule has 2 atom stereocenters. The number of fused-ring (bicyclic) bond motifs is 1. The third-order valence-electron chi connectivity index (χ3n) is 4.71. The molecule has 27 heavy (non-hydrogen) atoms. The number of para-hydroxylation sites is 2. The molecule has 0 aliphatic carbocycles. The standard InChI is InChI=1S/C19H25N3O5/c1-13(18(24)21-9-11-26-12-10-21)20-17(23)7-8-22-15-5-3-4-6-16(15)27-14(2)19(22)25/h3-6,13-14H,7-12H2,1-2H3,(H,20,23)/t13-,14-/m1/s1. The van der Waals surface area contributed by atoms with E-state index < -0.39 is 12.1 Å². The largest absolute Gasteiger partial charge is 0.479 e. The van der Waals surface area contributed by atoms with E-state index in [0.29, 0.717) is 37.7 Å². The second-order valence-electron chi connectivity index (χ2n) is 6.69. The summed E-state index contributed by atoms with van der Waals surface area (Å²) in [5.74, 6) is 0.0569. The third kappa shape index (κ3) is 4.39. The Bertz CT molecular complexity index is 717. The number of hydrogen-bond donors (Lipinski definition) is 1. The second kappa shape index (κ2) is 8.39. The van der Waals surface area contributed by atoms with Gasteiger partial charge in [-0.2, -0.15) is 0 Å². The predicted molar refractivity (Wildman–Crippen MR) is 98.5 cm³/mol. The summed E-state index contributed by atoms with van der Waals surface area (Å²) in [5, 5.41) is 2.73. The first-order chi connectivity index (χ1) is 13.0. The molecule has 0 unspecified atom stereocenters. The molecule has 0 bridgehead atoms. The quantitative estimate of drug-likeness (QED) is 0.812. The Morgan fingerprint density at radius 2 is 1.96 bits per heavy atom. The summed E-state index contributed by atoms with van der Waals surface area (Å²) < 4.78 is 10.8. The highest BCUT2D eigenvalue weighted by atomic mass is 16.5. The molecule has 8 nitrogen and oxygen atoms in total. The molecule has 3 amide bonds. The molecule has 1 aromatic rings. The van der Waals surface area contributed by atoms with Crippen molar-refractivity contribution in [2.45, 2.75) is 32.4 Å². The van der Waals surface area contributed by atoms with Gasteiger partial charge in [0.1, 0.15) is 11.8 Å². The van der Waals surface area contributed by atoms with Crippen molar-refractivity contribution in [1.82, 2.24) is 10.2 Å². The van der Waals surface area contributed by atoms with Gasteiger partial charge in [-0.15, -0.1) is 0 Å². The minimum Gasteiger partial charge on any atom is -0.479 e. The van der Waals surface area contributed by atoms with Crippen molar-refractivity contribution in [2.75, 3.05) is 37.7 Å². The van der Waals surface area contributed by atoms with E-state index in [9.17, 15) is 14.4 Å². The topological polar surface area (TPSA) is 88.2 Å². The van der Waals surface area contributed by atoms with Crippen molar-refractivity contribution in [3.8, 4) is 5.75 Å². The zero-order chi connectivity index (χ0) is 19.4. The summed E-state index contributed by atoms with van der Waals surface area (Å²) in [7, 11) is 0. The van der Waals surface area contributed by atoms with Gasteiger partial charge >= 0.3 is 0 Å². The van der Waals surface area contributed by atoms with Gasteiger partial charge in [-0.3, -0.25) is 14.4 Å². The molecule has 8 heteroatoms. The summed E-state index contributed by atoms with van der Waals surface area (Å²) in [6.45, 7) is 5.70. The molecule has 3 rings (SSSR count). The number of hydrogen-bond acceptors (Lipinski definition) is 5. The van der Waals surface area contributed by atoms with Crippen LogP contribution in [0.2, 0.25) is 0 Å². The number of morpholine rings is 1. The summed E-state index contributed by atoms with van der Waals surface area (Å²) in [6, 6.07) is 6.64. The molecule has 2 heterocycles. The number of benzene rings is 1. The van der Waals surface area contributed by atoms with Crippen molar-refractivity contribution in [1.29, 1.82) is 0 Å². The van der Waals surface area contributed by atoms with Crippen molar-refractivity contribution >= 4 is 23.4 Å². The smallest absolute Gasteiger partial charge is 0.267 e. The van der Waals surface area contributed by atoms with Gasteiger partial charge in [0, 0.05) is 26.1 Å². The van der Waals surface area contributed by atoms with Crippen molar-refractivity contribution in [3.63, 3.8) is 0 Å². The lowest BCUT2D eigenvalue weighted by Crippen LogP contribution is -2.51. The zero-order valence-electron chi connectivity index (χ0n) is 15.6. The van der Waals surface area contributed by atoms with Gasteiger partial charge in [-0.05, 0) is 26.0 Å². The van der Waals surface area contributed by atoms with Crippen LogP contribution in [0.25, 0.3) is 0 Å². The number of nitrogens with one attached hydrogen (secondary N) is 1. The van der Waals surface area contributed by atoms with Crippen LogP contribution < -0.4 is 15.0 Å². The van der Waals surface area contributed by atoms with Crippen LogP contribution in [0, 0.1) is 0 Å². The van der Waals surface area contributed by atoms with Crippen LogP contribution >= 0.6 is 0 Å². The normalized spacial score (nSPS) is 20.5. The van der Waals surface area contributed by atoms with Crippen molar-refractivity contribution in [2.24, 2.45) is 0 Å². The van der Waals surface area contributed by atoms with Crippen LogP contribution in [0.5, 0.6) is 5.75 Å². The molecule has 146 valence electrons. The first kappa shape index (κ1) is 19.2. The second-order valence-corrected chi connectivity index (χ2v) is 6.69. The van der Waals surface area contributed by atoms with Crippen LogP contribution in [0.15, 0.2) is 24.3 Å². The van der Waals surface area contributed by atoms with Crippen molar-refractivity contribution < 1.29 is 23.9 Å². The van der Waals surface area contributed by atoms with Gasteiger partial charge in [-0.1, -0.05) is 12.1 Å². The first-order valence-corrected chi connectivity index (χ1v) is 9.20. The van der Waals surface area contributed by atoms with Crippen LogP contribution in [-0.2, 0) is 19.1 Å². The maximum atomic E-state index is 12.4. The number of carbonyl (C=O) groups is 3. The molecule has 2 aliphatic rings. The minimum absolute atomic E-state index is 0.105. The molecule has 0 spiro atoms. The number of nitrogens with zero attached hydrogens (tertiary/aromatic N) is 2. The van der Waals surface area contributed by atoms with Gasteiger partial charge in [0.25, 0.3) is 5.91 Å². The Morgan fingerprint density at radius 3 is 2.70 bits per heavy atom. The van der Waals surface area contributed by atoms with Gasteiger partial charge in [0.15, 0.2) is 6.10 Å². The molecule has 1 N–H and O–H groups in total. The molecule has 1 fully saturated rings. The summed E-state index contributed by atoms with van der Waals surface area (Å²) >= 11 is 0. The van der Waals surface area contributed by atoms with Gasteiger partial charge < -0.3 is 24.6 Å². The summed E-state index contributed by atoms with van der Waals surface area (Å²) in [6.07, 6.45) is -0.488. The monoisotopic (exact) mass is 375 g/mol. The fourth-order valence-corrected chi connectivity index (χ4v) is 3.24. The summed E-state index contributed by atoms with van der Waals surface area (Å²) in [5.41, 5.74) is 0.658. The third-order valence-corrected chi connectivity index (χ3v) is 4.71. The molecule has 0 saturated carbocycles. The van der Waals surface area contributed by atoms with E-state index in [1.807, 2.05) is 12.1 Å². The summed E-state index contributed by atoms with van der Waals surface area (Å²) in [4.78, 5) is 40.4. The fourth-order valence-electron chi connectivity index (χ4n) is 3.24. The molecular weight excluding hydrogens is 350 g/mol. The maximum absolute atomic E-state index is 12.4. The molecule has 0 radical (unpaired) electrons. The lowest BCUT2D eigenvalue weighted by atomic mass is 10.1. The molecule has 0 aromatic heterocycles. The lowest BCUT2D eigenvalue weighted by Gasteiger charge is -2.33. The van der Waals surface area contributed by atoms with E-state index >= 15 is 0 Å². The highest BCUT2D eigenvalue weighted by Crippen LogP contribution is 2.33. The zero-order valence-corrected chi connectivity index (χ0v) is 15.6. The number of rotatable bonds is 5. The Balaban J connectivity index is 1.55. The Kier molecular flexibility index (Phi) is 5.95. The molecule has 2 aliphatic heterocycles. The predicted octanol–water partition coefficient (Wildman–Crippen LogP) is 0.554. The fraction of sp³-hybridized carbons (Fsp3) is 0.526.